The van der Waals surface area contributed by atoms with Crippen molar-refractivity contribution < 1.29 is 4.74 Å². The van der Waals surface area contributed by atoms with E-state index in [1.165, 1.54) is 0 Å². The molecule has 92 valence electrons. The summed E-state index contributed by atoms with van der Waals surface area (Å²) in [4.78, 5) is 4.30. The minimum atomic E-state index is 0.266. The third-order valence-electron chi connectivity index (χ3n) is 2.39. The van der Waals surface area contributed by atoms with E-state index in [2.05, 4.69) is 31.1 Å². The quantitative estimate of drug-likeness (QED) is 0.718. The number of hydrogen-bond donors (Lipinski definition) is 1. The second-order valence-electron chi connectivity index (χ2n) is 4.54. The molecule has 0 amide bonds. The first-order chi connectivity index (χ1) is 7.61. The topological polar surface area (TPSA) is 39.1 Å². The highest BCUT2D eigenvalue weighted by Crippen LogP contribution is 2.07. The first kappa shape index (κ1) is 13.2. The molecule has 1 atom stereocenters. The van der Waals surface area contributed by atoms with Crippen molar-refractivity contribution in [3.8, 4) is 0 Å². The molecule has 1 aromatic heterocycles. The van der Waals surface area contributed by atoms with Crippen LogP contribution >= 0.6 is 0 Å². The van der Waals surface area contributed by atoms with Crippen LogP contribution in [0, 0.1) is 5.92 Å². The lowest BCUT2D eigenvalue weighted by Gasteiger charge is -2.14. The molecule has 0 aliphatic heterocycles. The van der Waals surface area contributed by atoms with Gasteiger partial charge >= 0.3 is 0 Å². The van der Waals surface area contributed by atoms with Gasteiger partial charge in [-0.05, 0) is 12.8 Å². The fourth-order valence-electron chi connectivity index (χ4n) is 1.55. The van der Waals surface area contributed by atoms with Gasteiger partial charge in [0.15, 0.2) is 0 Å². The van der Waals surface area contributed by atoms with Crippen LogP contribution in [0.3, 0.4) is 0 Å². The number of ether oxygens (including phenoxy) is 1. The Bertz CT molecular complexity index is 296. The molecule has 0 spiro atoms. The standard InChI is InChI=1S/C12H23N3O/c1-10(2)9-16-8-6-13-11(3)12-14-5-7-15(12)4/h5,7,10-11,13H,6,8-9H2,1-4H3. The summed E-state index contributed by atoms with van der Waals surface area (Å²) >= 11 is 0. The molecule has 0 fully saturated rings. The van der Waals surface area contributed by atoms with Gasteiger partial charge in [-0.25, -0.2) is 4.98 Å². The summed E-state index contributed by atoms with van der Waals surface area (Å²) in [6, 6.07) is 0.266. The Morgan fingerprint density at radius 3 is 2.75 bits per heavy atom. The number of rotatable bonds is 7. The molecule has 0 aliphatic rings. The van der Waals surface area contributed by atoms with Gasteiger partial charge in [0.05, 0.1) is 12.6 Å². The van der Waals surface area contributed by atoms with Gasteiger partial charge in [0.2, 0.25) is 0 Å². The van der Waals surface area contributed by atoms with E-state index in [1.54, 1.807) is 0 Å². The fourth-order valence-corrected chi connectivity index (χ4v) is 1.55. The summed E-state index contributed by atoms with van der Waals surface area (Å²) < 4.78 is 7.54. The van der Waals surface area contributed by atoms with Gasteiger partial charge < -0.3 is 14.6 Å². The molecule has 1 heterocycles. The Morgan fingerprint density at radius 2 is 2.19 bits per heavy atom. The Labute approximate surface area is 98.0 Å². The van der Waals surface area contributed by atoms with E-state index in [0.717, 1.165) is 25.6 Å². The maximum Gasteiger partial charge on any atom is 0.125 e. The van der Waals surface area contributed by atoms with Crippen molar-refractivity contribution in [3.63, 3.8) is 0 Å². The van der Waals surface area contributed by atoms with Crippen LogP contribution in [0.4, 0.5) is 0 Å². The summed E-state index contributed by atoms with van der Waals surface area (Å²) in [5.41, 5.74) is 0. The van der Waals surface area contributed by atoms with Crippen molar-refractivity contribution in [1.29, 1.82) is 0 Å². The van der Waals surface area contributed by atoms with Gasteiger partial charge in [0.25, 0.3) is 0 Å². The average molecular weight is 225 g/mol. The van der Waals surface area contributed by atoms with Crippen LogP contribution in [-0.2, 0) is 11.8 Å². The van der Waals surface area contributed by atoms with Crippen molar-refractivity contribution in [2.75, 3.05) is 19.8 Å². The second kappa shape index (κ2) is 6.66. The molecule has 4 nitrogen and oxygen atoms in total. The van der Waals surface area contributed by atoms with Crippen LogP contribution in [0.1, 0.15) is 32.6 Å². The smallest absolute Gasteiger partial charge is 0.125 e. The van der Waals surface area contributed by atoms with E-state index in [1.807, 2.05) is 24.0 Å². The highest BCUT2D eigenvalue weighted by Gasteiger charge is 2.08. The number of aryl methyl sites for hydroxylation is 1. The van der Waals surface area contributed by atoms with Crippen molar-refractivity contribution in [2.45, 2.75) is 26.8 Å². The Hall–Kier alpha value is -0.870. The highest BCUT2D eigenvalue weighted by molar-refractivity contribution is 4.96. The van der Waals surface area contributed by atoms with Crippen molar-refractivity contribution in [1.82, 2.24) is 14.9 Å². The second-order valence-corrected chi connectivity index (χ2v) is 4.54. The van der Waals surface area contributed by atoms with E-state index in [-0.39, 0.29) is 6.04 Å². The molecule has 0 saturated heterocycles. The maximum atomic E-state index is 5.50. The summed E-state index contributed by atoms with van der Waals surface area (Å²) in [5.74, 6) is 1.66. The van der Waals surface area contributed by atoms with E-state index < -0.39 is 0 Å². The van der Waals surface area contributed by atoms with Crippen LogP contribution in [0.5, 0.6) is 0 Å². The molecule has 1 aromatic rings. The SMILES string of the molecule is CC(C)COCCNC(C)c1nccn1C. The zero-order chi connectivity index (χ0) is 12.0. The van der Waals surface area contributed by atoms with Crippen LogP contribution < -0.4 is 5.32 Å². The zero-order valence-electron chi connectivity index (χ0n) is 10.7. The van der Waals surface area contributed by atoms with Crippen molar-refractivity contribution in [3.05, 3.63) is 18.2 Å². The fraction of sp³-hybridized carbons (Fsp3) is 0.750. The lowest BCUT2D eigenvalue weighted by Crippen LogP contribution is -2.25. The van der Waals surface area contributed by atoms with E-state index >= 15 is 0 Å². The minimum absolute atomic E-state index is 0.266. The molecular formula is C12H23N3O. The molecule has 1 unspecified atom stereocenters. The summed E-state index contributed by atoms with van der Waals surface area (Å²) in [6.45, 7) is 8.88. The van der Waals surface area contributed by atoms with Gasteiger partial charge in [0, 0.05) is 32.6 Å². The Morgan fingerprint density at radius 1 is 1.44 bits per heavy atom. The van der Waals surface area contributed by atoms with E-state index in [9.17, 15) is 0 Å². The lowest BCUT2D eigenvalue weighted by molar-refractivity contribution is 0.110. The summed E-state index contributed by atoms with van der Waals surface area (Å²) in [6.07, 6.45) is 3.78. The van der Waals surface area contributed by atoms with Crippen molar-refractivity contribution >= 4 is 0 Å². The van der Waals surface area contributed by atoms with Gasteiger partial charge in [0.1, 0.15) is 5.82 Å². The molecular weight excluding hydrogens is 202 g/mol. The molecule has 0 radical (unpaired) electrons. The zero-order valence-corrected chi connectivity index (χ0v) is 10.7. The largest absolute Gasteiger partial charge is 0.380 e. The van der Waals surface area contributed by atoms with E-state index in [0.29, 0.717) is 5.92 Å². The molecule has 1 rings (SSSR count). The number of aromatic nitrogens is 2. The Balaban J connectivity index is 2.16. The number of nitrogens with one attached hydrogen (secondary N) is 1. The first-order valence-electron chi connectivity index (χ1n) is 5.89. The molecule has 1 N–H and O–H groups in total. The molecule has 0 aliphatic carbocycles. The van der Waals surface area contributed by atoms with Crippen LogP contribution in [0.2, 0.25) is 0 Å². The van der Waals surface area contributed by atoms with Crippen LogP contribution in [0.25, 0.3) is 0 Å². The third-order valence-corrected chi connectivity index (χ3v) is 2.39. The molecule has 0 aromatic carbocycles. The Kier molecular flexibility index (Phi) is 5.49. The first-order valence-corrected chi connectivity index (χ1v) is 5.89. The summed E-state index contributed by atoms with van der Waals surface area (Å²) in [5, 5.41) is 3.39. The van der Waals surface area contributed by atoms with Gasteiger partial charge in [-0.15, -0.1) is 0 Å². The number of imidazole rings is 1. The third kappa shape index (κ3) is 4.33. The highest BCUT2D eigenvalue weighted by atomic mass is 16.5. The lowest BCUT2D eigenvalue weighted by atomic mass is 10.2. The normalized spacial score (nSPS) is 13.3. The van der Waals surface area contributed by atoms with Crippen LogP contribution in [-0.4, -0.2) is 29.3 Å². The average Bonchev–Trinajstić information content (AvgIpc) is 2.63. The molecule has 0 saturated carbocycles. The number of hydrogen-bond acceptors (Lipinski definition) is 3. The van der Waals surface area contributed by atoms with E-state index in [4.69, 9.17) is 4.74 Å². The molecule has 4 heteroatoms. The summed E-state index contributed by atoms with van der Waals surface area (Å²) in [7, 11) is 2.01. The van der Waals surface area contributed by atoms with Gasteiger partial charge in [-0.1, -0.05) is 13.8 Å². The van der Waals surface area contributed by atoms with Crippen molar-refractivity contribution in [2.24, 2.45) is 13.0 Å². The monoisotopic (exact) mass is 225 g/mol. The molecule has 0 bridgehead atoms. The van der Waals surface area contributed by atoms with Crippen LogP contribution in [0.15, 0.2) is 12.4 Å². The predicted molar refractivity (Wildman–Crippen MR) is 65.3 cm³/mol. The maximum absolute atomic E-state index is 5.50. The van der Waals surface area contributed by atoms with Gasteiger partial charge in [-0.3, -0.25) is 0 Å². The minimum Gasteiger partial charge on any atom is -0.380 e. The van der Waals surface area contributed by atoms with Gasteiger partial charge in [-0.2, -0.15) is 0 Å². The predicted octanol–water partition coefficient (Wildman–Crippen LogP) is 1.74. The molecule has 16 heavy (non-hydrogen) atoms. The number of nitrogens with zero attached hydrogens (tertiary/aromatic N) is 2.